The zero-order valence-electron chi connectivity index (χ0n) is 10.2. The molecule has 0 fully saturated rings. The second kappa shape index (κ2) is 5.62. The van der Waals surface area contributed by atoms with E-state index in [0.29, 0.717) is 6.07 Å². The van der Waals surface area contributed by atoms with Gasteiger partial charge in [-0.15, -0.1) is 0 Å². The molecule has 0 aliphatic heterocycles. The fourth-order valence-corrected chi connectivity index (χ4v) is 1.73. The quantitative estimate of drug-likeness (QED) is 0.717. The zero-order valence-corrected chi connectivity index (χ0v) is 11.0. The van der Waals surface area contributed by atoms with Crippen LogP contribution in [0.1, 0.15) is 11.1 Å². The van der Waals surface area contributed by atoms with Crippen molar-refractivity contribution in [3.05, 3.63) is 58.4 Å². The van der Waals surface area contributed by atoms with Gasteiger partial charge in [0.2, 0.25) is 0 Å². The maximum atomic E-state index is 13.7. The molecule has 0 unspecified atom stereocenters. The van der Waals surface area contributed by atoms with Crippen LogP contribution in [0.3, 0.4) is 0 Å². The Morgan fingerprint density at radius 1 is 1.10 bits per heavy atom. The molecular weight excluding hydrogens is 310 g/mol. The van der Waals surface area contributed by atoms with Crippen LogP contribution in [0.4, 0.5) is 17.6 Å². The number of rotatable bonds is 2. The third kappa shape index (κ3) is 3.26. The molecule has 21 heavy (non-hydrogen) atoms. The van der Waals surface area contributed by atoms with Crippen LogP contribution < -0.4 is 4.74 Å². The zero-order chi connectivity index (χ0) is 15.6. The van der Waals surface area contributed by atoms with Gasteiger partial charge in [0.15, 0.2) is 11.6 Å². The lowest BCUT2D eigenvalue weighted by molar-refractivity contribution is -0.137. The first-order valence-corrected chi connectivity index (χ1v) is 5.94. The van der Waals surface area contributed by atoms with Gasteiger partial charge in [-0.2, -0.15) is 18.4 Å². The van der Waals surface area contributed by atoms with E-state index >= 15 is 0 Å². The van der Waals surface area contributed by atoms with Crippen molar-refractivity contribution >= 4 is 11.6 Å². The van der Waals surface area contributed by atoms with Crippen molar-refractivity contribution in [3.63, 3.8) is 0 Å². The third-order valence-corrected chi connectivity index (χ3v) is 2.86. The van der Waals surface area contributed by atoms with Crippen LogP contribution in [0.2, 0.25) is 5.02 Å². The van der Waals surface area contributed by atoms with Crippen LogP contribution >= 0.6 is 11.6 Å². The molecule has 0 aliphatic carbocycles. The summed E-state index contributed by atoms with van der Waals surface area (Å²) in [5.74, 6) is -1.33. The summed E-state index contributed by atoms with van der Waals surface area (Å²) < 4.78 is 56.5. The first-order valence-electron chi connectivity index (χ1n) is 5.56. The van der Waals surface area contributed by atoms with E-state index in [1.165, 1.54) is 18.2 Å². The van der Waals surface area contributed by atoms with Crippen molar-refractivity contribution < 1.29 is 22.3 Å². The second-order valence-corrected chi connectivity index (χ2v) is 4.38. The van der Waals surface area contributed by atoms with E-state index in [0.717, 1.165) is 12.1 Å². The van der Waals surface area contributed by atoms with Crippen molar-refractivity contribution in [2.45, 2.75) is 6.18 Å². The standard InChI is InChI=1S/C14H6ClF4NO/c15-10-2-1-3-12(13(10)16)21-11-5-4-9(14(17,18)19)6-8(11)7-20/h1-6H. The molecule has 0 heterocycles. The predicted molar refractivity (Wildman–Crippen MR) is 67.6 cm³/mol. The van der Waals surface area contributed by atoms with Crippen molar-refractivity contribution in [1.29, 1.82) is 5.26 Å². The summed E-state index contributed by atoms with van der Waals surface area (Å²) in [6, 6.07) is 7.88. The molecule has 2 aromatic rings. The number of hydrogen-bond donors (Lipinski definition) is 0. The summed E-state index contributed by atoms with van der Waals surface area (Å²) in [7, 11) is 0. The molecule has 7 heteroatoms. The molecule has 0 bridgehead atoms. The van der Waals surface area contributed by atoms with Gasteiger partial charge in [-0.3, -0.25) is 0 Å². The van der Waals surface area contributed by atoms with Crippen LogP contribution in [0.25, 0.3) is 0 Å². The molecule has 108 valence electrons. The lowest BCUT2D eigenvalue weighted by Gasteiger charge is -2.11. The van der Waals surface area contributed by atoms with E-state index in [1.54, 1.807) is 6.07 Å². The molecule has 2 nitrogen and oxygen atoms in total. The van der Waals surface area contributed by atoms with E-state index in [9.17, 15) is 17.6 Å². The lowest BCUT2D eigenvalue weighted by Crippen LogP contribution is -2.05. The Bertz CT molecular complexity index is 722. The van der Waals surface area contributed by atoms with E-state index in [-0.39, 0.29) is 22.1 Å². The minimum absolute atomic E-state index is 0.188. The Labute approximate surface area is 122 Å². The van der Waals surface area contributed by atoms with Gasteiger partial charge < -0.3 is 4.74 Å². The van der Waals surface area contributed by atoms with Crippen molar-refractivity contribution in [2.75, 3.05) is 0 Å². The van der Waals surface area contributed by atoms with Gasteiger partial charge in [-0.25, -0.2) is 4.39 Å². The van der Waals surface area contributed by atoms with E-state index in [2.05, 4.69) is 0 Å². The van der Waals surface area contributed by atoms with E-state index < -0.39 is 17.6 Å². The van der Waals surface area contributed by atoms with Gasteiger partial charge in [0.05, 0.1) is 16.1 Å². The molecule has 0 N–H and O–H groups in total. The van der Waals surface area contributed by atoms with E-state index in [1.807, 2.05) is 0 Å². The van der Waals surface area contributed by atoms with Crippen LogP contribution in [-0.2, 0) is 6.18 Å². The SMILES string of the molecule is N#Cc1cc(C(F)(F)F)ccc1Oc1cccc(Cl)c1F. The summed E-state index contributed by atoms with van der Waals surface area (Å²) in [5.41, 5.74) is -1.35. The van der Waals surface area contributed by atoms with E-state index in [4.69, 9.17) is 21.6 Å². The highest BCUT2D eigenvalue weighted by Gasteiger charge is 2.31. The summed E-state index contributed by atoms with van der Waals surface area (Å²) in [5, 5.41) is 8.70. The molecule has 0 radical (unpaired) electrons. The topological polar surface area (TPSA) is 33.0 Å². The van der Waals surface area contributed by atoms with Crippen molar-refractivity contribution in [3.8, 4) is 17.6 Å². The Morgan fingerprint density at radius 3 is 2.43 bits per heavy atom. The highest BCUT2D eigenvalue weighted by Crippen LogP contribution is 2.35. The Hall–Kier alpha value is -2.26. The predicted octanol–water partition coefficient (Wildman–Crippen LogP) is 5.16. The Balaban J connectivity index is 2.42. The highest BCUT2D eigenvalue weighted by molar-refractivity contribution is 6.30. The number of benzene rings is 2. The molecular formula is C14H6ClF4NO. The second-order valence-electron chi connectivity index (χ2n) is 3.97. The number of hydrogen-bond acceptors (Lipinski definition) is 2. The first-order chi connectivity index (χ1) is 9.82. The van der Waals surface area contributed by atoms with Crippen molar-refractivity contribution in [2.24, 2.45) is 0 Å². The Kier molecular flexibility index (Phi) is 4.05. The molecule has 0 atom stereocenters. The maximum absolute atomic E-state index is 13.7. The molecule has 0 aliphatic rings. The third-order valence-electron chi connectivity index (χ3n) is 2.56. The van der Waals surface area contributed by atoms with Gasteiger partial charge in [0.1, 0.15) is 11.8 Å². The van der Waals surface area contributed by atoms with Crippen LogP contribution in [0.15, 0.2) is 36.4 Å². The first kappa shape index (κ1) is 15.1. The fourth-order valence-electron chi connectivity index (χ4n) is 1.56. The monoisotopic (exact) mass is 315 g/mol. The number of ether oxygens (including phenoxy) is 1. The summed E-state index contributed by atoms with van der Waals surface area (Å²) in [6.45, 7) is 0. The average Bonchev–Trinajstić information content (AvgIpc) is 2.43. The molecule has 0 saturated carbocycles. The molecule has 0 spiro atoms. The summed E-state index contributed by atoms with van der Waals surface area (Å²) in [6.07, 6.45) is -4.58. The normalized spacial score (nSPS) is 11.0. The molecule has 2 aromatic carbocycles. The van der Waals surface area contributed by atoms with Crippen molar-refractivity contribution in [1.82, 2.24) is 0 Å². The number of alkyl halides is 3. The average molecular weight is 316 g/mol. The maximum Gasteiger partial charge on any atom is 0.416 e. The highest BCUT2D eigenvalue weighted by atomic mass is 35.5. The molecule has 0 saturated heterocycles. The largest absolute Gasteiger partial charge is 0.453 e. The lowest BCUT2D eigenvalue weighted by atomic mass is 10.1. The smallest absolute Gasteiger partial charge is 0.416 e. The minimum Gasteiger partial charge on any atom is -0.453 e. The fraction of sp³-hybridized carbons (Fsp3) is 0.0714. The number of halogens is 5. The van der Waals surface area contributed by atoms with Crippen LogP contribution in [0.5, 0.6) is 11.5 Å². The molecule has 2 rings (SSSR count). The van der Waals surface area contributed by atoms with Gasteiger partial charge in [0.25, 0.3) is 0 Å². The van der Waals surface area contributed by atoms with Gasteiger partial charge in [0, 0.05) is 0 Å². The van der Waals surface area contributed by atoms with Gasteiger partial charge in [-0.05, 0) is 30.3 Å². The molecule has 0 aromatic heterocycles. The minimum atomic E-state index is -4.58. The van der Waals surface area contributed by atoms with Crippen LogP contribution in [-0.4, -0.2) is 0 Å². The number of nitrogens with zero attached hydrogens (tertiary/aromatic N) is 1. The summed E-state index contributed by atoms with van der Waals surface area (Å²) in [4.78, 5) is 0. The molecule has 0 amide bonds. The van der Waals surface area contributed by atoms with Gasteiger partial charge in [-0.1, -0.05) is 17.7 Å². The van der Waals surface area contributed by atoms with Gasteiger partial charge >= 0.3 is 6.18 Å². The Morgan fingerprint density at radius 2 is 1.81 bits per heavy atom. The number of nitriles is 1. The summed E-state index contributed by atoms with van der Waals surface area (Å²) >= 11 is 5.57. The van der Waals surface area contributed by atoms with Crippen LogP contribution in [0, 0.1) is 17.1 Å².